The van der Waals surface area contributed by atoms with Crippen LogP contribution in [0, 0.1) is 0 Å². The van der Waals surface area contributed by atoms with Gasteiger partial charge in [0, 0.05) is 29.5 Å². The first-order valence-corrected chi connectivity index (χ1v) is 9.48. The summed E-state index contributed by atoms with van der Waals surface area (Å²) >= 11 is 3.57. The van der Waals surface area contributed by atoms with Gasteiger partial charge in [-0.15, -0.1) is 24.0 Å². The van der Waals surface area contributed by atoms with Crippen molar-refractivity contribution in [1.82, 2.24) is 15.8 Å². The van der Waals surface area contributed by atoms with Crippen molar-refractivity contribution in [3.05, 3.63) is 51.8 Å². The molecule has 26 heavy (non-hydrogen) atoms. The molecule has 1 saturated carbocycles. The maximum Gasteiger partial charge on any atom is 0.191 e. The highest BCUT2D eigenvalue weighted by atomic mass is 127. The monoisotopic (exact) mass is 532 g/mol. The fourth-order valence-corrected chi connectivity index (χ4v) is 3.26. The molecule has 1 fully saturated rings. The third-order valence-electron chi connectivity index (χ3n) is 4.71. The van der Waals surface area contributed by atoms with Gasteiger partial charge in [0.2, 0.25) is 0 Å². The first-order chi connectivity index (χ1) is 12.0. The third-order valence-corrected chi connectivity index (χ3v) is 5.20. The Bertz CT molecular complexity index is 756. The van der Waals surface area contributed by atoms with Gasteiger partial charge in [0.25, 0.3) is 0 Å². The number of hydrogen-bond donors (Lipinski definition) is 2. The van der Waals surface area contributed by atoms with Crippen molar-refractivity contribution in [3.63, 3.8) is 0 Å². The van der Waals surface area contributed by atoms with Crippen molar-refractivity contribution in [2.75, 3.05) is 13.6 Å². The second-order valence-corrected chi connectivity index (χ2v) is 7.86. The predicted molar refractivity (Wildman–Crippen MR) is 119 cm³/mol. The van der Waals surface area contributed by atoms with E-state index in [9.17, 15) is 0 Å². The molecule has 0 radical (unpaired) electrons. The van der Waals surface area contributed by atoms with Gasteiger partial charge < -0.3 is 15.2 Å². The minimum atomic E-state index is 0. The van der Waals surface area contributed by atoms with Crippen molar-refractivity contribution < 1.29 is 4.52 Å². The van der Waals surface area contributed by atoms with Crippen LogP contribution in [0.4, 0.5) is 0 Å². The molecule has 0 spiro atoms. The number of hydrogen-bond acceptors (Lipinski definition) is 3. The van der Waals surface area contributed by atoms with Crippen molar-refractivity contribution in [1.29, 1.82) is 0 Å². The maximum atomic E-state index is 5.36. The first-order valence-electron chi connectivity index (χ1n) is 8.68. The summed E-state index contributed by atoms with van der Waals surface area (Å²) in [4.78, 5) is 4.31. The number of benzene rings is 1. The lowest BCUT2D eigenvalue weighted by atomic mass is 9.96. The Balaban J connectivity index is 0.00000243. The summed E-state index contributed by atoms with van der Waals surface area (Å²) in [6.45, 7) is 5.65. The van der Waals surface area contributed by atoms with Gasteiger partial charge in [-0.3, -0.25) is 4.99 Å². The molecule has 1 aliphatic rings. The van der Waals surface area contributed by atoms with Gasteiger partial charge in [-0.1, -0.05) is 47.1 Å². The van der Waals surface area contributed by atoms with Crippen LogP contribution in [0.1, 0.15) is 49.6 Å². The quantitative estimate of drug-likeness (QED) is 0.325. The molecule has 1 aromatic carbocycles. The molecular weight excluding hydrogens is 507 g/mol. The van der Waals surface area contributed by atoms with Gasteiger partial charge in [-0.05, 0) is 36.5 Å². The summed E-state index contributed by atoms with van der Waals surface area (Å²) in [5, 5.41) is 10.8. The predicted octanol–water partition coefficient (Wildman–Crippen LogP) is 4.58. The first kappa shape index (κ1) is 21.2. The third kappa shape index (κ3) is 5.22. The van der Waals surface area contributed by atoms with E-state index in [4.69, 9.17) is 4.52 Å². The Hall–Kier alpha value is -1.09. The molecule has 0 atom stereocenters. The zero-order valence-corrected chi connectivity index (χ0v) is 19.3. The molecule has 142 valence electrons. The summed E-state index contributed by atoms with van der Waals surface area (Å²) in [5.74, 6) is 1.97. The molecule has 0 unspecified atom stereocenters. The molecule has 1 aliphatic carbocycles. The Morgan fingerprint density at radius 1 is 1.31 bits per heavy atom. The minimum Gasteiger partial charge on any atom is -0.359 e. The van der Waals surface area contributed by atoms with Crippen LogP contribution in [0.5, 0.6) is 0 Å². The Morgan fingerprint density at radius 2 is 2.08 bits per heavy atom. The van der Waals surface area contributed by atoms with Crippen LogP contribution >= 0.6 is 39.9 Å². The molecule has 1 aromatic heterocycles. The van der Waals surface area contributed by atoms with Gasteiger partial charge in [0.15, 0.2) is 11.7 Å². The summed E-state index contributed by atoms with van der Waals surface area (Å²) in [5.41, 5.74) is 2.58. The lowest BCUT2D eigenvalue weighted by Gasteiger charge is -2.19. The summed E-state index contributed by atoms with van der Waals surface area (Å²) in [7, 11) is 1.79. The molecule has 0 saturated heterocycles. The number of aromatic nitrogens is 1. The SMILES string of the molecule is CN=C(NCc1cc(C(C)C)no1)NCC1(c2cccc(Br)c2)CC1.I. The van der Waals surface area contributed by atoms with Crippen LogP contribution in [0.3, 0.4) is 0 Å². The second-order valence-electron chi connectivity index (χ2n) is 6.94. The van der Waals surface area contributed by atoms with Gasteiger partial charge in [0.1, 0.15) is 0 Å². The highest BCUT2D eigenvalue weighted by Crippen LogP contribution is 2.48. The minimum absolute atomic E-state index is 0. The number of aliphatic imine (C=N–C) groups is 1. The number of rotatable bonds is 6. The van der Waals surface area contributed by atoms with Crippen LogP contribution in [-0.2, 0) is 12.0 Å². The fraction of sp³-hybridized carbons (Fsp3) is 0.474. The van der Waals surface area contributed by atoms with Crippen LogP contribution in [-0.4, -0.2) is 24.7 Å². The van der Waals surface area contributed by atoms with Gasteiger partial charge in [-0.2, -0.15) is 0 Å². The second kappa shape index (κ2) is 9.21. The van der Waals surface area contributed by atoms with Crippen molar-refractivity contribution in [2.45, 2.75) is 44.6 Å². The standard InChI is InChI=1S/C19H25BrN4O.HI/c1-13(2)17-10-16(25-24-17)11-22-18(21-3)23-12-19(7-8-19)14-5-4-6-15(20)9-14;/h4-6,9-10,13H,7-8,11-12H2,1-3H3,(H2,21,22,23);1H. The average Bonchev–Trinajstić information content (AvgIpc) is 3.24. The molecule has 2 N–H and O–H groups in total. The average molecular weight is 533 g/mol. The van der Waals surface area contributed by atoms with Crippen LogP contribution < -0.4 is 10.6 Å². The molecular formula is C19H26BrIN4O. The lowest BCUT2D eigenvalue weighted by Crippen LogP contribution is -2.40. The molecule has 0 bridgehead atoms. The van der Waals surface area contributed by atoms with Crippen LogP contribution in [0.25, 0.3) is 0 Å². The van der Waals surface area contributed by atoms with Gasteiger partial charge >= 0.3 is 0 Å². The summed E-state index contributed by atoms with van der Waals surface area (Å²) in [6.07, 6.45) is 2.40. The smallest absolute Gasteiger partial charge is 0.191 e. The van der Waals surface area contributed by atoms with Crippen LogP contribution in [0.2, 0.25) is 0 Å². The summed E-state index contributed by atoms with van der Waals surface area (Å²) < 4.78 is 6.49. The van der Waals surface area contributed by atoms with E-state index in [1.165, 1.54) is 18.4 Å². The molecule has 2 aromatic rings. The van der Waals surface area contributed by atoms with E-state index in [1.807, 2.05) is 6.07 Å². The molecule has 7 heteroatoms. The van der Waals surface area contributed by atoms with E-state index in [0.29, 0.717) is 12.5 Å². The molecule has 0 aliphatic heterocycles. The zero-order valence-electron chi connectivity index (χ0n) is 15.4. The van der Waals surface area contributed by atoms with E-state index in [-0.39, 0.29) is 29.4 Å². The Labute approximate surface area is 180 Å². The topological polar surface area (TPSA) is 62.5 Å². The highest BCUT2D eigenvalue weighted by molar-refractivity contribution is 14.0. The Morgan fingerprint density at radius 3 is 2.65 bits per heavy atom. The van der Waals surface area contributed by atoms with E-state index >= 15 is 0 Å². The molecule has 3 rings (SSSR count). The zero-order chi connectivity index (χ0) is 17.9. The van der Waals surface area contributed by atoms with E-state index in [1.54, 1.807) is 7.05 Å². The number of nitrogens with one attached hydrogen (secondary N) is 2. The van der Waals surface area contributed by atoms with Crippen LogP contribution in [0.15, 0.2) is 44.3 Å². The van der Waals surface area contributed by atoms with Crippen molar-refractivity contribution in [2.24, 2.45) is 4.99 Å². The number of nitrogens with zero attached hydrogens (tertiary/aromatic N) is 2. The molecule has 1 heterocycles. The maximum absolute atomic E-state index is 5.36. The number of halogens is 2. The summed E-state index contributed by atoms with van der Waals surface area (Å²) in [6, 6.07) is 10.6. The van der Waals surface area contributed by atoms with Gasteiger partial charge in [0.05, 0.1) is 12.2 Å². The molecule has 5 nitrogen and oxygen atoms in total. The van der Waals surface area contributed by atoms with E-state index < -0.39 is 0 Å². The highest BCUT2D eigenvalue weighted by Gasteiger charge is 2.44. The lowest BCUT2D eigenvalue weighted by molar-refractivity contribution is 0.372. The normalized spacial score (nSPS) is 15.5. The number of guanidine groups is 1. The van der Waals surface area contributed by atoms with E-state index in [2.05, 4.69) is 74.8 Å². The largest absolute Gasteiger partial charge is 0.359 e. The van der Waals surface area contributed by atoms with Gasteiger partial charge in [-0.25, -0.2) is 0 Å². The fourth-order valence-electron chi connectivity index (χ4n) is 2.87. The molecule has 0 amide bonds. The van der Waals surface area contributed by atoms with Crippen molar-refractivity contribution >= 4 is 45.9 Å². The Kier molecular flexibility index (Phi) is 7.52. The van der Waals surface area contributed by atoms with Crippen molar-refractivity contribution in [3.8, 4) is 0 Å². The van der Waals surface area contributed by atoms with E-state index in [0.717, 1.165) is 28.4 Å².